The van der Waals surface area contributed by atoms with Gasteiger partial charge in [0.05, 0.1) is 0 Å². The Morgan fingerprint density at radius 2 is 1.61 bits per heavy atom. The summed E-state index contributed by atoms with van der Waals surface area (Å²) in [5.41, 5.74) is 4.16. The number of aromatic hydroxyl groups is 2. The van der Waals surface area contributed by atoms with E-state index in [4.69, 9.17) is 5.73 Å². The van der Waals surface area contributed by atoms with Gasteiger partial charge in [-0.1, -0.05) is 18.9 Å². The zero-order chi connectivity index (χ0) is 13.6. The first kappa shape index (κ1) is 13.0. The molecule has 0 amide bonds. The Morgan fingerprint density at radius 3 is 2.11 bits per heavy atom. The molecular weight excluding hydrogens is 247 g/mol. The Labute approximate surface area is 102 Å². The van der Waals surface area contributed by atoms with Gasteiger partial charge in [0.15, 0.2) is 11.5 Å². The van der Waals surface area contributed by atoms with Crippen molar-refractivity contribution >= 4 is 0 Å². The van der Waals surface area contributed by atoms with Crippen molar-refractivity contribution in [1.29, 1.82) is 0 Å². The lowest BCUT2D eigenvalue weighted by Gasteiger charge is -2.26. The smallest absolute Gasteiger partial charge is 0.420 e. The van der Waals surface area contributed by atoms with E-state index in [1.165, 1.54) is 0 Å². The third kappa shape index (κ3) is 2.01. The van der Waals surface area contributed by atoms with Crippen LogP contribution in [-0.4, -0.2) is 10.2 Å². The normalized spacial score (nSPS) is 19.1. The molecule has 1 aliphatic rings. The van der Waals surface area contributed by atoms with E-state index >= 15 is 0 Å². The van der Waals surface area contributed by atoms with Crippen LogP contribution in [0.5, 0.6) is 11.5 Å². The summed E-state index contributed by atoms with van der Waals surface area (Å²) in [5.74, 6) is -1.90. The average molecular weight is 261 g/mol. The van der Waals surface area contributed by atoms with E-state index in [-0.39, 0.29) is 5.56 Å². The molecule has 0 aliphatic heterocycles. The van der Waals surface area contributed by atoms with E-state index in [0.29, 0.717) is 12.8 Å². The summed E-state index contributed by atoms with van der Waals surface area (Å²) in [6.07, 6.45) is -1.80. The van der Waals surface area contributed by atoms with Gasteiger partial charge in [-0.3, -0.25) is 0 Å². The molecule has 0 atom stereocenters. The van der Waals surface area contributed by atoms with E-state index in [2.05, 4.69) is 0 Å². The predicted molar refractivity (Wildman–Crippen MR) is 59.1 cm³/mol. The van der Waals surface area contributed by atoms with E-state index in [0.717, 1.165) is 25.0 Å². The summed E-state index contributed by atoms with van der Waals surface area (Å²) >= 11 is 0. The highest BCUT2D eigenvalue weighted by Crippen LogP contribution is 2.47. The van der Waals surface area contributed by atoms with Gasteiger partial charge in [-0.25, -0.2) is 0 Å². The molecule has 0 unspecified atom stereocenters. The molecule has 18 heavy (non-hydrogen) atoms. The van der Waals surface area contributed by atoms with Gasteiger partial charge in [0.2, 0.25) is 0 Å². The van der Waals surface area contributed by atoms with Crippen LogP contribution in [0.15, 0.2) is 12.1 Å². The minimum atomic E-state index is -4.70. The molecule has 100 valence electrons. The molecule has 0 saturated heterocycles. The second kappa shape index (κ2) is 4.05. The third-order valence-electron chi connectivity index (χ3n) is 3.49. The standard InChI is InChI=1S/C12H14F3NO2/c13-12(14,15)8-4-3-7(9(17)10(8)18)11(16)5-1-2-6-11/h3-4,17-18H,1-2,5-6,16H2. The number of alkyl halides is 3. The Hall–Kier alpha value is -1.43. The van der Waals surface area contributed by atoms with Crippen molar-refractivity contribution in [2.75, 3.05) is 0 Å². The van der Waals surface area contributed by atoms with Crippen LogP contribution in [-0.2, 0) is 11.7 Å². The highest BCUT2D eigenvalue weighted by molar-refractivity contribution is 5.53. The van der Waals surface area contributed by atoms with Gasteiger partial charge in [0, 0.05) is 11.1 Å². The number of halogens is 3. The Morgan fingerprint density at radius 1 is 1.06 bits per heavy atom. The Balaban J connectivity index is 2.50. The molecule has 0 bridgehead atoms. The maximum Gasteiger partial charge on any atom is 0.420 e. The molecule has 0 heterocycles. The van der Waals surface area contributed by atoms with Crippen LogP contribution in [0, 0.1) is 0 Å². The Bertz CT molecular complexity index is 465. The van der Waals surface area contributed by atoms with Crippen molar-refractivity contribution in [1.82, 2.24) is 0 Å². The molecule has 1 aromatic rings. The minimum Gasteiger partial charge on any atom is -0.504 e. The molecule has 0 radical (unpaired) electrons. The number of benzene rings is 1. The average Bonchev–Trinajstić information content (AvgIpc) is 2.68. The summed E-state index contributed by atoms with van der Waals surface area (Å²) in [4.78, 5) is 0. The van der Waals surface area contributed by atoms with Crippen LogP contribution in [0.3, 0.4) is 0 Å². The fourth-order valence-corrected chi connectivity index (χ4v) is 2.49. The second-order valence-electron chi connectivity index (χ2n) is 4.72. The van der Waals surface area contributed by atoms with Gasteiger partial charge in [-0.05, 0) is 18.9 Å². The van der Waals surface area contributed by atoms with Gasteiger partial charge in [-0.2, -0.15) is 13.2 Å². The predicted octanol–water partition coefficient (Wildman–Crippen LogP) is 2.84. The number of rotatable bonds is 1. The SMILES string of the molecule is NC1(c2ccc(C(F)(F)F)c(O)c2O)CCCC1. The molecule has 1 fully saturated rings. The minimum absolute atomic E-state index is 0.186. The van der Waals surface area contributed by atoms with Gasteiger partial charge in [0.1, 0.15) is 5.56 Å². The van der Waals surface area contributed by atoms with Crippen LogP contribution < -0.4 is 5.73 Å². The van der Waals surface area contributed by atoms with Crippen LogP contribution >= 0.6 is 0 Å². The zero-order valence-electron chi connectivity index (χ0n) is 9.59. The highest BCUT2D eigenvalue weighted by Gasteiger charge is 2.39. The maximum atomic E-state index is 12.5. The number of hydrogen-bond donors (Lipinski definition) is 3. The third-order valence-corrected chi connectivity index (χ3v) is 3.49. The van der Waals surface area contributed by atoms with Crippen LogP contribution in [0.1, 0.15) is 36.8 Å². The first-order chi connectivity index (χ1) is 8.26. The van der Waals surface area contributed by atoms with E-state index < -0.39 is 28.8 Å². The summed E-state index contributed by atoms with van der Waals surface area (Å²) in [6, 6.07) is 1.92. The number of phenolic OH excluding ortho intramolecular Hbond substituents is 2. The molecule has 1 aliphatic carbocycles. The summed E-state index contributed by atoms with van der Waals surface area (Å²) < 4.78 is 37.6. The summed E-state index contributed by atoms with van der Waals surface area (Å²) in [5, 5.41) is 19.2. The largest absolute Gasteiger partial charge is 0.504 e. The monoisotopic (exact) mass is 261 g/mol. The first-order valence-corrected chi connectivity index (χ1v) is 5.67. The zero-order valence-corrected chi connectivity index (χ0v) is 9.59. The lowest BCUT2D eigenvalue weighted by atomic mass is 9.87. The first-order valence-electron chi connectivity index (χ1n) is 5.67. The number of hydrogen-bond acceptors (Lipinski definition) is 3. The van der Waals surface area contributed by atoms with Crippen molar-refractivity contribution in [3.8, 4) is 11.5 Å². The van der Waals surface area contributed by atoms with E-state index in [9.17, 15) is 23.4 Å². The van der Waals surface area contributed by atoms with Crippen molar-refractivity contribution in [3.05, 3.63) is 23.3 Å². The molecule has 4 N–H and O–H groups in total. The topological polar surface area (TPSA) is 66.5 Å². The molecule has 2 rings (SSSR count). The van der Waals surface area contributed by atoms with Crippen molar-refractivity contribution < 1.29 is 23.4 Å². The van der Waals surface area contributed by atoms with Crippen LogP contribution in [0.2, 0.25) is 0 Å². The van der Waals surface area contributed by atoms with Gasteiger partial charge < -0.3 is 15.9 Å². The lowest BCUT2D eigenvalue weighted by molar-refractivity contribution is -0.138. The van der Waals surface area contributed by atoms with E-state index in [1.807, 2.05) is 0 Å². The molecule has 3 nitrogen and oxygen atoms in total. The fraction of sp³-hybridized carbons (Fsp3) is 0.500. The molecule has 0 aromatic heterocycles. The second-order valence-corrected chi connectivity index (χ2v) is 4.72. The van der Waals surface area contributed by atoms with Gasteiger partial charge in [0.25, 0.3) is 0 Å². The molecule has 0 spiro atoms. The van der Waals surface area contributed by atoms with E-state index in [1.54, 1.807) is 0 Å². The summed E-state index contributed by atoms with van der Waals surface area (Å²) in [7, 11) is 0. The Kier molecular flexibility index (Phi) is 2.93. The van der Waals surface area contributed by atoms with Crippen LogP contribution in [0.25, 0.3) is 0 Å². The maximum absolute atomic E-state index is 12.5. The van der Waals surface area contributed by atoms with Crippen molar-refractivity contribution in [2.24, 2.45) is 5.73 Å². The molecule has 6 heteroatoms. The van der Waals surface area contributed by atoms with Gasteiger partial charge in [-0.15, -0.1) is 0 Å². The van der Waals surface area contributed by atoms with Crippen molar-refractivity contribution in [3.63, 3.8) is 0 Å². The molecule has 1 aromatic carbocycles. The highest BCUT2D eigenvalue weighted by atomic mass is 19.4. The van der Waals surface area contributed by atoms with Crippen molar-refractivity contribution in [2.45, 2.75) is 37.4 Å². The summed E-state index contributed by atoms with van der Waals surface area (Å²) in [6.45, 7) is 0. The van der Waals surface area contributed by atoms with Crippen LogP contribution in [0.4, 0.5) is 13.2 Å². The molecular formula is C12H14F3NO2. The quantitative estimate of drug-likeness (QED) is 0.681. The number of nitrogens with two attached hydrogens (primary N) is 1. The molecule has 1 saturated carbocycles. The number of phenols is 2. The lowest BCUT2D eigenvalue weighted by Crippen LogP contribution is -2.33. The fourth-order valence-electron chi connectivity index (χ4n) is 2.49. The van der Waals surface area contributed by atoms with Gasteiger partial charge >= 0.3 is 6.18 Å².